The first-order chi connectivity index (χ1) is 10.9. The van der Waals surface area contributed by atoms with Crippen molar-refractivity contribution < 1.29 is 0 Å². The number of hydrogen-bond acceptors (Lipinski definition) is 0. The van der Waals surface area contributed by atoms with Crippen molar-refractivity contribution in [3.05, 3.63) is 91.0 Å². The summed E-state index contributed by atoms with van der Waals surface area (Å²) >= 11 is 0. The van der Waals surface area contributed by atoms with Crippen molar-refractivity contribution in [2.45, 2.75) is 0 Å². The molecule has 4 aromatic rings. The van der Waals surface area contributed by atoms with E-state index < -0.39 is 0 Å². The van der Waals surface area contributed by atoms with Crippen LogP contribution >= 0.6 is 0 Å². The van der Waals surface area contributed by atoms with Crippen LogP contribution in [-0.2, 0) is 0 Å². The third-order valence-electron chi connectivity index (χ3n) is 4.23. The maximum atomic E-state index is 3.82. The fourth-order valence-corrected chi connectivity index (χ4v) is 3.10. The van der Waals surface area contributed by atoms with E-state index in [0.29, 0.717) is 0 Å². The van der Waals surface area contributed by atoms with Gasteiger partial charge in [-0.3, -0.25) is 0 Å². The second-order valence-electron chi connectivity index (χ2n) is 5.52. The van der Waals surface area contributed by atoms with Crippen LogP contribution in [0.1, 0.15) is 5.56 Å². The van der Waals surface area contributed by atoms with E-state index in [4.69, 9.17) is 0 Å². The van der Waals surface area contributed by atoms with Crippen molar-refractivity contribution in [3.63, 3.8) is 0 Å². The van der Waals surface area contributed by atoms with Crippen molar-refractivity contribution in [2.24, 2.45) is 0 Å². The van der Waals surface area contributed by atoms with Gasteiger partial charge in [0.05, 0.1) is 0 Å². The van der Waals surface area contributed by atoms with Gasteiger partial charge in [0.25, 0.3) is 0 Å². The van der Waals surface area contributed by atoms with Gasteiger partial charge in [-0.1, -0.05) is 91.5 Å². The molecule has 0 spiro atoms. The lowest BCUT2D eigenvalue weighted by molar-refractivity contribution is 1.63. The van der Waals surface area contributed by atoms with Crippen LogP contribution in [-0.4, -0.2) is 0 Å². The highest BCUT2D eigenvalue weighted by Gasteiger charge is 2.07. The molecule has 0 heteroatoms. The van der Waals surface area contributed by atoms with E-state index in [9.17, 15) is 0 Å². The van der Waals surface area contributed by atoms with E-state index >= 15 is 0 Å². The molecule has 0 aliphatic heterocycles. The summed E-state index contributed by atoms with van der Waals surface area (Å²) in [6.45, 7) is 3.82. The maximum Gasteiger partial charge on any atom is -0.00268 e. The third-order valence-corrected chi connectivity index (χ3v) is 4.23. The number of benzene rings is 4. The summed E-state index contributed by atoms with van der Waals surface area (Å²) in [6, 6.07) is 28.1. The minimum absolute atomic E-state index is 1.15. The molecule has 0 aliphatic carbocycles. The first-order valence-electron chi connectivity index (χ1n) is 7.50. The van der Waals surface area contributed by atoms with Gasteiger partial charge in [0, 0.05) is 0 Å². The average Bonchev–Trinajstić information content (AvgIpc) is 2.61. The van der Waals surface area contributed by atoms with Gasteiger partial charge in [-0.25, -0.2) is 0 Å². The average molecular weight is 280 g/mol. The van der Waals surface area contributed by atoms with E-state index in [2.05, 4.69) is 85.4 Å². The Hall–Kier alpha value is -2.86. The van der Waals surface area contributed by atoms with Gasteiger partial charge in [-0.15, -0.1) is 0 Å². The quantitative estimate of drug-likeness (QED) is 0.378. The van der Waals surface area contributed by atoms with Crippen LogP contribution < -0.4 is 0 Å². The topological polar surface area (TPSA) is 0 Å². The van der Waals surface area contributed by atoms with Crippen LogP contribution in [0.5, 0.6) is 0 Å². The van der Waals surface area contributed by atoms with Gasteiger partial charge in [0.15, 0.2) is 0 Å². The zero-order valence-corrected chi connectivity index (χ0v) is 12.3. The molecule has 0 fully saturated rings. The standard InChI is InChI=1S/C22H16/c1-2-16-10-12-18(13-11-16)21-9-5-7-19-15-14-17-6-3-4-8-20(17)22(19)21/h2-15H,1H2. The largest absolute Gasteiger partial charge is 0.0985 e. The molecule has 0 nitrogen and oxygen atoms in total. The van der Waals surface area contributed by atoms with Crippen molar-refractivity contribution >= 4 is 27.6 Å². The Morgan fingerprint density at radius 3 is 2.18 bits per heavy atom. The predicted octanol–water partition coefficient (Wildman–Crippen LogP) is 6.30. The Balaban J connectivity index is 2.08. The van der Waals surface area contributed by atoms with Gasteiger partial charge in [-0.2, -0.15) is 0 Å². The lowest BCUT2D eigenvalue weighted by atomic mass is 9.93. The Labute approximate surface area is 130 Å². The molecule has 0 heterocycles. The van der Waals surface area contributed by atoms with E-state index in [1.54, 1.807) is 0 Å². The summed E-state index contributed by atoms with van der Waals surface area (Å²) in [5.41, 5.74) is 3.67. The highest BCUT2D eigenvalue weighted by molar-refractivity contribution is 6.14. The van der Waals surface area contributed by atoms with Crippen LogP contribution in [0.3, 0.4) is 0 Å². The van der Waals surface area contributed by atoms with Gasteiger partial charge >= 0.3 is 0 Å². The molecule has 0 N–H and O–H groups in total. The van der Waals surface area contributed by atoms with Crippen LogP contribution in [0, 0.1) is 0 Å². The summed E-state index contributed by atoms with van der Waals surface area (Å²) in [7, 11) is 0. The minimum atomic E-state index is 1.15. The van der Waals surface area contributed by atoms with Crippen molar-refractivity contribution in [3.8, 4) is 11.1 Å². The smallest absolute Gasteiger partial charge is 0.00268 e. The second kappa shape index (κ2) is 5.16. The monoisotopic (exact) mass is 280 g/mol. The van der Waals surface area contributed by atoms with E-state index in [-0.39, 0.29) is 0 Å². The van der Waals surface area contributed by atoms with Crippen molar-refractivity contribution in [1.29, 1.82) is 0 Å². The molecule has 0 aromatic heterocycles. The molecule has 0 radical (unpaired) electrons. The molecule has 0 unspecified atom stereocenters. The second-order valence-corrected chi connectivity index (χ2v) is 5.52. The first kappa shape index (κ1) is 12.8. The molecule has 0 atom stereocenters. The third kappa shape index (κ3) is 2.01. The highest BCUT2D eigenvalue weighted by atomic mass is 14.1. The van der Waals surface area contributed by atoms with E-state index in [1.807, 2.05) is 6.08 Å². The van der Waals surface area contributed by atoms with Gasteiger partial charge < -0.3 is 0 Å². The molecular formula is C22H16. The van der Waals surface area contributed by atoms with E-state index in [0.717, 1.165) is 5.56 Å². The van der Waals surface area contributed by atoms with Gasteiger partial charge in [-0.05, 0) is 38.2 Å². The van der Waals surface area contributed by atoms with Crippen LogP contribution in [0.4, 0.5) is 0 Å². The lowest BCUT2D eigenvalue weighted by Crippen LogP contribution is -1.84. The molecule has 0 amide bonds. The van der Waals surface area contributed by atoms with Gasteiger partial charge in [0.2, 0.25) is 0 Å². The molecule has 4 rings (SSSR count). The number of rotatable bonds is 2. The minimum Gasteiger partial charge on any atom is -0.0985 e. The normalized spacial score (nSPS) is 10.9. The first-order valence-corrected chi connectivity index (χ1v) is 7.50. The molecular weight excluding hydrogens is 264 g/mol. The Morgan fingerprint density at radius 1 is 0.636 bits per heavy atom. The molecule has 0 aliphatic rings. The Morgan fingerprint density at radius 2 is 1.36 bits per heavy atom. The Kier molecular flexibility index (Phi) is 3.01. The molecule has 0 saturated heterocycles. The molecule has 0 bridgehead atoms. The van der Waals surface area contributed by atoms with Crippen molar-refractivity contribution in [2.75, 3.05) is 0 Å². The summed E-state index contributed by atoms with van der Waals surface area (Å²) in [5.74, 6) is 0. The van der Waals surface area contributed by atoms with Crippen LogP contribution in [0.25, 0.3) is 38.7 Å². The zero-order valence-electron chi connectivity index (χ0n) is 12.3. The number of hydrogen-bond donors (Lipinski definition) is 0. The van der Waals surface area contributed by atoms with Crippen molar-refractivity contribution in [1.82, 2.24) is 0 Å². The predicted molar refractivity (Wildman–Crippen MR) is 97.0 cm³/mol. The zero-order chi connectivity index (χ0) is 14.9. The molecule has 0 saturated carbocycles. The molecule has 104 valence electrons. The fourth-order valence-electron chi connectivity index (χ4n) is 3.10. The fraction of sp³-hybridized carbons (Fsp3) is 0. The highest BCUT2D eigenvalue weighted by Crippen LogP contribution is 2.34. The number of fused-ring (bicyclic) bond motifs is 3. The maximum absolute atomic E-state index is 3.82. The van der Waals surface area contributed by atoms with E-state index in [1.165, 1.54) is 32.7 Å². The lowest BCUT2D eigenvalue weighted by Gasteiger charge is -2.10. The van der Waals surface area contributed by atoms with Crippen LogP contribution in [0.2, 0.25) is 0 Å². The molecule has 22 heavy (non-hydrogen) atoms. The Bertz CT molecular complexity index is 976. The molecule has 4 aromatic carbocycles. The summed E-state index contributed by atoms with van der Waals surface area (Å²) < 4.78 is 0. The SMILES string of the molecule is C=Cc1ccc(-c2cccc3ccc4ccccc4c23)cc1. The van der Waals surface area contributed by atoms with Gasteiger partial charge in [0.1, 0.15) is 0 Å². The summed E-state index contributed by atoms with van der Waals surface area (Å²) in [4.78, 5) is 0. The summed E-state index contributed by atoms with van der Waals surface area (Å²) in [5, 5.41) is 5.20. The summed E-state index contributed by atoms with van der Waals surface area (Å²) in [6.07, 6.45) is 1.88. The van der Waals surface area contributed by atoms with Crippen LogP contribution in [0.15, 0.2) is 85.4 Å².